The van der Waals surface area contributed by atoms with Gasteiger partial charge in [-0.3, -0.25) is 4.79 Å². The van der Waals surface area contributed by atoms with Crippen molar-refractivity contribution in [2.24, 2.45) is 0 Å². The van der Waals surface area contributed by atoms with E-state index in [2.05, 4.69) is 5.32 Å². The molecule has 1 amide bonds. The lowest BCUT2D eigenvalue weighted by molar-refractivity contribution is -0.117. The van der Waals surface area contributed by atoms with Gasteiger partial charge in [-0.2, -0.15) is 0 Å². The van der Waals surface area contributed by atoms with Crippen molar-refractivity contribution in [1.82, 2.24) is 5.32 Å². The summed E-state index contributed by atoms with van der Waals surface area (Å²) in [5.41, 5.74) is 2.56. The van der Waals surface area contributed by atoms with Gasteiger partial charge in [-0.25, -0.2) is 0 Å². The van der Waals surface area contributed by atoms with E-state index in [9.17, 15) is 4.79 Å². The van der Waals surface area contributed by atoms with Crippen molar-refractivity contribution in [2.45, 2.75) is 19.6 Å². The third-order valence-corrected chi connectivity index (χ3v) is 5.42. The van der Waals surface area contributed by atoms with E-state index >= 15 is 0 Å². The number of carbonyl (C=O) groups excluding carboxylic acids is 1. The van der Waals surface area contributed by atoms with Crippen LogP contribution in [0.4, 0.5) is 0 Å². The van der Waals surface area contributed by atoms with Gasteiger partial charge in [-0.1, -0.05) is 65.7 Å². The summed E-state index contributed by atoms with van der Waals surface area (Å²) in [6.45, 7) is 2.16. The maximum Gasteiger partial charge on any atom is 0.244 e. The number of amides is 1. The van der Waals surface area contributed by atoms with Crippen LogP contribution in [0.25, 0.3) is 6.08 Å². The third kappa shape index (κ3) is 6.27. The lowest BCUT2D eigenvalue weighted by Gasteiger charge is -2.13. The number of nitrogens with one attached hydrogen (secondary N) is 1. The summed E-state index contributed by atoms with van der Waals surface area (Å²) in [6, 6.07) is 20.5. The summed E-state index contributed by atoms with van der Waals surface area (Å²) in [4.78, 5) is 12.3. The maximum atomic E-state index is 12.3. The van der Waals surface area contributed by atoms with Crippen LogP contribution >= 0.6 is 23.2 Å². The minimum absolute atomic E-state index is 0.0831. The highest BCUT2D eigenvalue weighted by molar-refractivity contribution is 6.35. The molecular formula is C25H23Cl2NO3. The molecule has 0 radical (unpaired) electrons. The molecule has 0 aliphatic rings. The maximum absolute atomic E-state index is 12.3. The second-order valence-corrected chi connectivity index (χ2v) is 7.69. The van der Waals surface area contributed by atoms with E-state index in [1.54, 1.807) is 43.5 Å². The Morgan fingerprint density at radius 3 is 2.39 bits per heavy atom. The first kappa shape index (κ1) is 22.7. The van der Waals surface area contributed by atoms with Gasteiger partial charge >= 0.3 is 0 Å². The van der Waals surface area contributed by atoms with Crippen molar-refractivity contribution in [3.63, 3.8) is 0 Å². The predicted octanol–water partition coefficient (Wildman–Crippen LogP) is 6.47. The average Bonchev–Trinajstić information content (AvgIpc) is 2.78. The molecule has 6 heteroatoms. The van der Waals surface area contributed by atoms with Crippen LogP contribution in [0.3, 0.4) is 0 Å². The summed E-state index contributed by atoms with van der Waals surface area (Å²) in [5.74, 6) is 0.921. The smallest absolute Gasteiger partial charge is 0.244 e. The van der Waals surface area contributed by atoms with Crippen LogP contribution in [0, 0.1) is 0 Å². The zero-order chi connectivity index (χ0) is 22.2. The number of hydrogen-bond acceptors (Lipinski definition) is 3. The van der Waals surface area contributed by atoms with Crippen LogP contribution in [-0.2, 0) is 11.4 Å². The molecule has 3 aromatic carbocycles. The fraction of sp³-hybridized carbons (Fsp3) is 0.160. The highest BCUT2D eigenvalue weighted by atomic mass is 35.5. The summed E-state index contributed by atoms with van der Waals surface area (Å²) in [5, 5.41) is 4.04. The van der Waals surface area contributed by atoms with Crippen molar-refractivity contribution in [2.75, 3.05) is 7.11 Å². The molecule has 31 heavy (non-hydrogen) atoms. The molecule has 0 saturated carbocycles. The monoisotopic (exact) mass is 455 g/mol. The summed E-state index contributed by atoms with van der Waals surface area (Å²) < 4.78 is 11.3. The molecule has 0 fully saturated rings. The minimum atomic E-state index is -0.177. The number of halogens is 2. The van der Waals surface area contributed by atoms with Gasteiger partial charge in [0.2, 0.25) is 5.91 Å². The molecule has 0 heterocycles. The Morgan fingerprint density at radius 1 is 1.00 bits per heavy atom. The molecular weight excluding hydrogens is 433 g/mol. The lowest BCUT2D eigenvalue weighted by Crippen LogP contribution is -2.24. The van der Waals surface area contributed by atoms with Gasteiger partial charge in [0.25, 0.3) is 0 Å². The number of rotatable bonds is 8. The Hall–Kier alpha value is -2.95. The molecule has 1 atom stereocenters. The van der Waals surface area contributed by atoms with E-state index in [-0.39, 0.29) is 18.6 Å². The van der Waals surface area contributed by atoms with Crippen molar-refractivity contribution >= 4 is 35.2 Å². The zero-order valence-corrected chi connectivity index (χ0v) is 18.8. The molecule has 0 bridgehead atoms. The van der Waals surface area contributed by atoms with Gasteiger partial charge in [-0.05, 0) is 48.4 Å². The highest BCUT2D eigenvalue weighted by Crippen LogP contribution is 2.31. The van der Waals surface area contributed by atoms with Crippen LogP contribution in [0.1, 0.15) is 29.7 Å². The van der Waals surface area contributed by atoms with E-state index in [0.717, 1.165) is 11.1 Å². The largest absolute Gasteiger partial charge is 0.493 e. The van der Waals surface area contributed by atoms with Gasteiger partial charge < -0.3 is 14.8 Å². The molecule has 0 aromatic heterocycles. The highest BCUT2D eigenvalue weighted by Gasteiger charge is 2.10. The normalized spacial score (nSPS) is 11.9. The molecule has 160 valence electrons. The molecule has 0 saturated heterocycles. The Labute approximate surface area is 192 Å². The molecule has 3 rings (SSSR count). The fourth-order valence-electron chi connectivity index (χ4n) is 2.99. The quantitative estimate of drug-likeness (QED) is 0.395. The van der Waals surface area contributed by atoms with Gasteiger partial charge in [0.15, 0.2) is 11.5 Å². The summed E-state index contributed by atoms with van der Waals surface area (Å²) >= 11 is 12.4. The summed E-state index contributed by atoms with van der Waals surface area (Å²) in [6.07, 6.45) is 3.22. The minimum Gasteiger partial charge on any atom is -0.493 e. The van der Waals surface area contributed by atoms with E-state index in [0.29, 0.717) is 27.1 Å². The number of ether oxygens (including phenoxy) is 2. The van der Waals surface area contributed by atoms with Gasteiger partial charge in [0.05, 0.1) is 13.2 Å². The van der Waals surface area contributed by atoms with Crippen LogP contribution in [0.5, 0.6) is 11.5 Å². The predicted molar refractivity (Wildman–Crippen MR) is 126 cm³/mol. The van der Waals surface area contributed by atoms with Crippen molar-refractivity contribution in [1.29, 1.82) is 0 Å². The number of hydrogen-bond donors (Lipinski definition) is 1. The lowest BCUT2D eigenvalue weighted by atomic mass is 10.1. The van der Waals surface area contributed by atoms with E-state index < -0.39 is 0 Å². The van der Waals surface area contributed by atoms with Crippen molar-refractivity contribution < 1.29 is 14.3 Å². The second kappa shape index (κ2) is 10.9. The Bertz CT molecular complexity index is 1050. The summed E-state index contributed by atoms with van der Waals surface area (Å²) in [7, 11) is 1.56. The Morgan fingerprint density at radius 2 is 1.71 bits per heavy atom. The third-order valence-electron chi connectivity index (χ3n) is 4.71. The van der Waals surface area contributed by atoms with Crippen molar-refractivity contribution in [3.8, 4) is 11.5 Å². The standard InChI is InChI=1S/C25H23Cl2NO3/c1-17(19-7-4-3-5-8-19)28-25(29)14-12-18-11-13-23(24(15-18)30-2)31-16-20-21(26)9-6-10-22(20)27/h3-15,17H,16H2,1-2H3,(H,28,29)/b14-12+. The Kier molecular flexibility index (Phi) is 7.99. The topological polar surface area (TPSA) is 47.6 Å². The number of benzene rings is 3. The SMILES string of the molecule is COc1cc(/C=C/C(=O)NC(C)c2ccccc2)ccc1OCc1c(Cl)cccc1Cl. The molecule has 0 spiro atoms. The first-order chi connectivity index (χ1) is 15.0. The van der Waals surface area contributed by atoms with Crippen LogP contribution in [-0.4, -0.2) is 13.0 Å². The van der Waals surface area contributed by atoms with Crippen LogP contribution < -0.4 is 14.8 Å². The first-order valence-electron chi connectivity index (χ1n) is 9.75. The van der Waals surface area contributed by atoms with Crippen LogP contribution in [0.2, 0.25) is 10.0 Å². The Balaban J connectivity index is 1.64. The average molecular weight is 456 g/mol. The fourth-order valence-corrected chi connectivity index (χ4v) is 3.49. The first-order valence-corrected chi connectivity index (χ1v) is 10.5. The second-order valence-electron chi connectivity index (χ2n) is 6.87. The van der Waals surface area contributed by atoms with E-state index in [1.165, 1.54) is 6.08 Å². The van der Waals surface area contributed by atoms with E-state index in [1.807, 2.05) is 43.3 Å². The molecule has 4 nitrogen and oxygen atoms in total. The van der Waals surface area contributed by atoms with Crippen LogP contribution in [0.15, 0.2) is 72.8 Å². The molecule has 1 N–H and O–H groups in total. The molecule has 3 aromatic rings. The van der Waals surface area contributed by atoms with Gasteiger partial charge in [0, 0.05) is 21.7 Å². The number of methoxy groups -OCH3 is 1. The van der Waals surface area contributed by atoms with Gasteiger partial charge in [0.1, 0.15) is 6.61 Å². The number of carbonyl (C=O) groups is 1. The van der Waals surface area contributed by atoms with Crippen molar-refractivity contribution in [3.05, 3.63) is 99.5 Å². The molecule has 1 unspecified atom stereocenters. The zero-order valence-electron chi connectivity index (χ0n) is 17.3. The molecule has 0 aliphatic heterocycles. The van der Waals surface area contributed by atoms with E-state index in [4.69, 9.17) is 32.7 Å². The molecule has 0 aliphatic carbocycles. The van der Waals surface area contributed by atoms with Gasteiger partial charge in [-0.15, -0.1) is 0 Å².